The second-order valence-electron chi connectivity index (χ2n) is 4.43. The molecule has 1 nitrogen and oxygen atoms in total. The van der Waals surface area contributed by atoms with Crippen LogP contribution in [0.25, 0.3) is 0 Å². The molecule has 0 radical (unpaired) electrons. The van der Waals surface area contributed by atoms with Crippen LogP contribution in [0, 0.1) is 11.6 Å². The van der Waals surface area contributed by atoms with Gasteiger partial charge in [-0.1, -0.05) is 23.7 Å². The molecule has 2 aromatic carbocycles. The van der Waals surface area contributed by atoms with Crippen molar-refractivity contribution in [2.45, 2.75) is 12.5 Å². The van der Waals surface area contributed by atoms with Crippen LogP contribution in [0.5, 0.6) is 0 Å². The Kier molecular flexibility index (Phi) is 5.13. The monoisotopic (exact) mass is 359 g/mol. The molecule has 1 N–H and O–H groups in total. The molecule has 0 bridgehead atoms. The number of benzene rings is 2. The van der Waals surface area contributed by atoms with E-state index in [4.69, 9.17) is 11.6 Å². The highest BCUT2D eigenvalue weighted by Gasteiger charge is 2.21. The molecule has 1 atom stereocenters. The normalized spacial score (nSPS) is 12.4. The van der Waals surface area contributed by atoms with Crippen LogP contribution in [-0.4, -0.2) is 7.05 Å². The molecular weight excluding hydrogens is 348 g/mol. The summed E-state index contributed by atoms with van der Waals surface area (Å²) >= 11 is 8.91. The summed E-state index contributed by atoms with van der Waals surface area (Å²) < 4.78 is 28.3. The van der Waals surface area contributed by atoms with E-state index in [2.05, 4.69) is 21.2 Å². The van der Waals surface area contributed by atoms with Gasteiger partial charge < -0.3 is 5.32 Å². The Morgan fingerprint density at radius 2 is 1.80 bits per heavy atom. The van der Waals surface area contributed by atoms with Gasteiger partial charge in [-0.2, -0.15) is 0 Å². The first kappa shape index (κ1) is 15.4. The molecule has 0 aliphatic carbocycles. The van der Waals surface area contributed by atoms with E-state index in [-0.39, 0.29) is 10.0 Å². The molecule has 0 fully saturated rings. The Balaban J connectivity index is 2.33. The molecule has 0 saturated heterocycles. The van der Waals surface area contributed by atoms with Gasteiger partial charge in [0.1, 0.15) is 11.6 Å². The fourth-order valence-electron chi connectivity index (χ4n) is 2.07. The lowest BCUT2D eigenvalue weighted by molar-refractivity contribution is 0.487. The number of hydrogen-bond donors (Lipinski definition) is 1. The Labute approximate surface area is 130 Å². The van der Waals surface area contributed by atoms with Crippen molar-refractivity contribution in [1.29, 1.82) is 0 Å². The van der Waals surface area contributed by atoms with Crippen molar-refractivity contribution in [3.63, 3.8) is 0 Å². The minimum absolute atomic E-state index is 0.0387. The first-order valence-electron chi connectivity index (χ1n) is 6.08. The van der Waals surface area contributed by atoms with E-state index in [0.29, 0.717) is 11.4 Å². The summed E-state index contributed by atoms with van der Waals surface area (Å²) in [4.78, 5) is 0. The van der Waals surface area contributed by atoms with Crippen LogP contribution >= 0.6 is 27.5 Å². The summed E-state index contributed by atoms with van der Waals surface area (Å²) in [7, 11) is 1.68. The van der Waals surface area contributed by atoms with E-state index in [9.17, 15) is 8.78 Å². The topological polar surface area (TPSA) is 12.0 Å². The smallest absolute Gasteiger partial charge is 0.145 e. The lowest BCUT2D eigenvalue weighted by atomic mass is 9.98. The van der Waals surface area contributed by atoms with E-state index >= 15 is 0 Å². The lowest BCUT2D eigenvalue weighted by Gasteiger charge is -2.19. The standard InChI is InChI=1S/C15H13BrClF2N/c1-20-13(8-9-2-4-10(17)5-3-9)14-12(18)7-6-11(16)15(14)19/h2-7,13,20H,8H2,1H3. The van der Waals surface area contributed by atoms with Gasteiger partial charge in [-0.25, -0.2) is 8.78 Å². The number of nitrogens with one attached hydrogen (secondary N) is 1. The molecule has 0 amide bonds. The molecule has 2 rings (SSSR count). The minimum Gasteiger partial charge on any atom is -0.313 e. The van der Waals surface area contributed by atoms with Crippen LogP contribution in [0.1, 0.15) is 17.2 Å². The van der Waals surface area contributed by atoms with Crippen LogP contribution in [0.2, 0.25) is 5.02 Å². The van der Waals surface area contributed by atoms with Gasteiger partial charge in [-0.15, -0.1) is 0 Å². The zero-order chi connectivity index (χ0) is 14.7. The van der Waals surface area contributed by atoms with Crippen LogP contribution in [0.15, 0.2) is 40.9 Å². The molecule has 0 aromatic heterocycles. The van der Waals surface area contributed by atoms with Crippen molar-refractivity contribution in [3.8, 4) is 0 Å². The number of halogens is 4. The van der Waals surface area contributed by atoms with Gasteiger partial charge in [0, 0.05) is 16.6 Å². The van der Waals surface area contributed by atoms with E-state index in [1.165, 1.54) is 12.1 Å². The summed E-state index contributed by atoms with van der Waals surface area (Å²) in [5, 5.41) is 3.59. The van der Waals surface area contributed by atoms with Gasteiger partial charge in [-0.05, 0) is 59.2 Å². The van der Waals surface area contributed by atoms with E-state index < -0.39 is 17.7 Å². The molecule has 2 aromatic rings. The highest BCUT2D eigenvalue weighted by atomic mass is 79.9. The predicted molar refractivity (Wildman–Crippen MR) is 81.0 cm³/mol. The fraction of sp³-hybridized carbons (Fsp3) is 0.200. The summed E-state index contributed by atoms with van der Waals surface area (Å²) in [5.74, 6) is -1.13. The molecule has 1 unspecified atom stereocenters. The Bertz CT molecular complexity index is 602. The first-order valence-corrected chi connectivity index (χ1v) is 7.25. The van der Waals surface area contributed by atoms with E-state index in [0.717, 1.165) is 5.56 Å². The van der Waals surface area contributed by atoms with Crippen molar-refractivity contribution in [2.24, 2.45) is 0 Å². The maximum atomic E-state index is 14.1. The van der Waals surface area contributed by atoms with Crippen LogP contribution in [0.4, 0.5) is 8.78 Å². The SMILES string of the molecule is CNC(Cc1ccc(Cl)cc1)c1c(F)ccc(Br)c1F. The summed E-state index contributed by atoms with van der Waals surface area (Å²) in [6.07, 6.45) is 0.470. The number of rotatable bonds is 4. The maximum Gasteiger partial charge on any atom is 0.145 e. The van der Waals surface area contributed by atoms with Gasteiger partial charge in [0.2, 0.25) is 0 Å². The lowest BCUT2D eigenvalue weighted by Crippen LogP contribution is -2.21. The van der Waals surface area contributed by atoms with Crippen molar-refractivity contribution < 1.29 is 8.78 Å². The molecule has 0 aliphatic heterocycles. The van der Waals surface area contributed by atoms with E-state index in [1.807, 2.05) is 12.1 Å². The third-order valence-corrected chi connectivity index (χ3v) is 3.99. The van der Waals surface area contributed by atoms with Gasteiger partial charge in [0.25, 0.3) is 0 Å². The summed E-state index contributed by atoms with van der Waals surface area (Å²) in [6, 6.07) is 9.39. The molecule has 20 heavy (non-hydrogen) atoms. The highest BCUT2D eigenvalue weighted by Crippen LogP contribution is 2.28. The third-order valence-electron chi connectivity index (χ3n) is 3.13. The highest BCUT2D eigenvalue weighted by molar-refractivity contribution is 9.10. The molecule has 0 aliphatic rings. The predicted octanol–water partition coefficient (Wildman–Crippen LogP) is 4.88. The second-order valence-corrected chi connectivity index (χ2v) is 5.72. The van der Waals surface area contributed by atoms with Crippen molar-refractivity contribution in [3.05, 3.63) is 68.7 Å². The zero-order valence-electron chi connectivity index (χ0n) is 10.8. The number of likely N-dealkylation sites (N-methyl/N-ethyl adjacent to an activating group) is 1. The molecule has 5 heteroatoms. The quantitative estimate of drug-likeness (QED) is 0.766. The average Bonchev–Trinajstić information content (AvgIpc) is 2.44. The van der Waals surface area contributed by atoms with E-state index in [1.54, 1.807) is 19.2 Å². The van der Waals surface area contributed by atoms with Crippen molar-refractivity contribution in [2.75, 3.05) is 7.05 Å². The maximum absolute atomic E-state index is 14.1. The van der Waals surface area contributed by atoms with Gasteiger partial charge in [-0.3, -0.25) is 0 Å². The van der Waals surface area contributed by atoms with Crippen LogP contribution in [-0.2, 0) is 6.42 Å². The Morgan fingerprint density at radius 1 is 1.15 bits per heavy atom. The molecule has 0 heterocycles. The van der Waals surface area contributed by atoms with Crippen LogP contribution < -0.4 is 5.32 Å². The molecular formula is C15H13BrClF2N. The van der Waals surface area contributed by atoms with Gasteiger partial charge >= 0.3 is 0 Å². The molecule has 0 saturated carbocycles. The minimum atomic E-state index is -0.571. The van der Waals surface area contributed by atoms with Gasteiger partial charge in [0.05, 0.1) is 4.47 Å². The van der Waals surface area contributed by atoms with Gasteiger partial charge in [0.15, 0.2) is 0 Å². The third kappa shape index (κ3) is 3.37. The average molecular weight is 361 g/mol. The van der Waals surface area contributed by atoms with Crippen molar-refractivity contribution >= 4 is 27.5 Å². The Morgan fingerprint density at radius 3 is 2.40 bits per heavy atom. The zero-order valence-corrected chi connectivity index (χ0v) is 13.1. The van der Waals surface area contributed by atoms with Crippen molar-refractivity contribution in [1.82, 2.24) is 5.32 Å². The second kappa shape index (κ2) is 6.66. The Hall–Kier alpha value is -0.970. The first-order chi connectivity index (χ1) is 9.52. The van der Waals surface area contributed by atoms with Crippen LogP contribution in [0.3, 0.4) is 0 Å². The summed E-state index contributed by atoms with van der Waals surface area (Å²) in [6.45, 7) is 0. The largest absolute Gasteiger partial charge is 0.313 e. The molecule has 0 spiro atoms. The molecule has 106 valence electrons. The fourth-order valence-corrected chi connectivity index (χ4v) is 2.54. The summed E-state index contributed by atoms with van der Waals surface area (Å²) in [5.41, 5.74) is 0.990. The number of hydrogen-bond acceptors (Lipinski definition) is 1.